The van der Waals surface area contributed by atoms with Gasteiger partial charge in [0.1, 0.15) is 5.82 Å². The molecule has 0 atom stereocenters. The van der Waals surface area contributed by atoms with Crippen LogP contribution in [0.5, 0.6) is 0 Å². The molecule has 0 radical (unpaired) electrons. The Balaban J connectivity index is 1.53. The lowest BCUT2D eigenvalue weighted by molar-refractivity contribution is -0.116. The minimum atomic E-state index is -0.479. The second-order valence-corrected chi connectivity index (χ2v) is 7.89. The average molecular weight is 461 g/mol. The number of benzene rings is 2. The largest absolute Gasteiger partial charge is 0.462 e. The Morgan fingerprint density at radius 3 is 2.65 bits per heavy atom. The van der Waals surface area contributed by atoms with Gasteiger partial charge in [0.25, 0.3) is 0 Å². The number of nitrogens with zero attached hydrogens (tertiary/aromatic N) is 3. The number of nitrogens with one attached hydrogen (secondary N) is 1. The second kappa shape index (κ2) is 9.82. The van der Waals surface area contributed by atoms with E-state index in [0.29, 0.717) is 34.6 Å². The highest BCUT2D eigenvalue weighted by Gasteiger charge is 2.17. The van der Waals surface area contributed by atoms with E-state index >= 15 is 0 Å². The number of carbonyl (C=O) groups excluding carboxylic acids is 2. The van der Waals surface area contributed by atoms with Gasteiger partial charge in [0.15, 0.2) is 5.65 Å². The van der Waals surface area contributed by atoms with E-state index in [1.165, 1.54) is 12.1 Å². The molecular formula is C26H25FN4O3. The first-order chi connectivity index (χ1) is 16.4. The Morgan fingerprint density at radius 1 is 1.09 bits per heavy atom. The zero-order valence-electron chi connectivity index (χ0n) is 19.3. The van der Waals surface area contributed by atoms with Gasteiger partial charge in [0, 0.05) is 29.4 Å². The Hall–Kier alpha value is -4.07. The molecule has 1 N–H and O–H groups in total. The fraction of sp³-hybridized carbons (Fsp3) is 0.231. The summed E-state index contributed by atoms with van der Waals surface area (Å²) in [7, 11) is 0. The summed E-state index contributed by atoms with van der Waals surface area (Å²) in [6.07, 6.45) is 0.646. The molecule has 174 valence electrons. The maximum absolute atomic E-state index is 13.6. The third kappa shape index (κ3) is 4.80. The van der Waals surface area contributed by atoms with Gasteiger partial charge in [0.05, 0.1) is 23.6 Å². The average Bonchev–Trinajstić information content (AvgIpc) is 3.24. The van der Waals surface area contributed by atoms with Crippen molar-refractivity contribution in [3.8, 4) is 11.3 Å². The van der Waals surface area contributed by atoms with E-state index in [4.69, 9.17) is 4.74 Å². The SMILES string of the molecule is CCOC(=O)c1ccccc1NC(=O)CCc1c(C)nc2cc(-c3cccc(F)c3)nn2c1C. The van der Waals surface area contributed by atoms with Crippen LogP contribution in [-0.2, 0) is 16.0 Å². The lowest BCUT2D eigenvalue weighted by Gasteiger charge is -2.12. The smallest absolute Gasteiger partial charge is 0.340 e. The van der Waals surface area contributed by atoms with E-state index in [1.807, 2.05) is 19.9 Å². The Kier molecular flexibility index (Phi) is 6.67. The van der Waals surface area contributed by atoms with Gasteiger partial charge in [0.2, 0.25) is 5.91 Å². The van der Waals surface area contributed by atoms with E-state index in [2.05, 4.69) is 15.4 Å². The molecule has 7 nitrogen and oxygen atoms in total. The molecule has 0 bridgehead atoms. The molecule has 0 aliphatic heterocycles. The number of anilines is 1. The number of hydrogen-bond acceptors (Lipinski definition) is 5. The number of rotatable bonds is 7. The number of aryl methyl sites for hydroxylation is 2. The zero-order valence-corrected chi connectivity index (χ0v) is 19.3. The lowest BCUT2D eigenvalue weighted by Crippen LogP contribution is -2.17. The van der Waals surface area contributed by atoms with E-state index < -0.39 is 5.97 Å². The number of carbonyl (C=O) groups is 2. The summed E-state index contributed by atoms with van der Waals surface area (Å²) >= 11 is 0. The van der Waals surface area contributed by atoms with Crippen LogP contribution in [0.3, 0.4) is 0 Å². The number of esters is 1. The Morgan fingerprint density at radius 2 is 1.88 bits per heavy atom. The van der Waals surface area contributed by atoms with E-state index in [0.717, 1.165) is 17.0 Å². The minimum absolute atomic E-state index is 0.198. The summed E-state index contributed by atoms with van der Waals surface area (Å²) in [6.45, 7) is 5.80. The molecule has 0 aliphatic rings. The van der Waals surface area contributed by atoms with Crippen molar-refractivity contribution in [1.82, 2.24) is 14.6 Å². The van der Waals surface area contributed by atoms with Gasteiger partial charge >= 0.3 is 5.97 Å². The molecule has 0 aliphatic carbocycles. The molecule has 0 fully saturated rings. The molecule has 8 heteroatoms. The van der Waals surface area contributed by atoms with Crippen LogP contribution < -0.4 is 5.32 Å². The molecular weight excluding hydrogens is 435 g/mol. The van der Waals surface area contributed by atoms with Crippen LogP contribution in [0.2, 0.25) is 0 Å². The molecule has 2 heterocycles. The van der Waals surface area contributed by atoms with Crippen molar-refractivity contribution in [2.75, 3.05) is 11.9 Å². The molecule has 34 heavy (non-hydrogen) atoms. The Bertz CT molecular complexity index is 1380. The van der Waals surface area contributed by atoms with Gasteiger partial charge in [-0.25, -0.2) is 18.7 Å². The number of amides is 1. The highest BCUT2D eigenvalue weighted by molar-refractivity contribution is 6.01. The second-order valence-electron chi connectivity index (χ2n) is 7.89. The summed E-state index contributed by atoms with van der Waals surface area (Å²) in [5.41, 5.74) is 5.26. The summed E-state index contributed by atoms with van der Waals surface area (Å²) in [4.78, 5) is 29.5. The molecule has 1 amide bonds. The highest BCUT2D eigenvalue weighted by atomic mass is 19.1. The zero-order chi connectivity index (χ0) is 24.2. The number of para-hydroxylation sites is 1. The predicted octanol–water partition coefficient (Wildman–Crippen LogP) is 4.90. The first kappa shape index (κ1) is 23.1. The normalized spacial score (nSPS) is 10.9. The highest BCUT2D eigenvalue weighted by Crippen LogP contribution is 2.24. The number of hydrogen-bond donors (Lipinski definition) is 1. The topological polar surface area (TPSA) is 85.6 Å². The van der Waals surface area contributed by atoms with Crippen molar-refractivity contribution in [3.05, 3.63) is 82.9 Å². The van der Waals surface area contributed by atoms with Gasteiger partial charge in [-0.3, -0.25) is 4.79 Å². The van der Waals surface area contributed by atoms with Crippen molar-refractivity contribution in [1.29, 1.82) is 0 Å². The maximum Gasteiger partial charge on any atom is 0.340 e. The van der Waals surface area contributed by atoms with Gasteiger partial charge in [-0.05, 0) is 57.0 Å². The third-order valence-corrected chi connectivity index (χ3v) is 5.58. The molecule has 2 aromatic heterocycles. The molecule has 2 aromatic carbocycles. The quantitative estimate of drug-likeness (QED) is 0.397. The molecule has 4 aromatic rings. The number of halogens is 1. The monoisotopic (exact) mass is 460 g/mol. The van der Waals surface area contributed by atoms with Crippen molar-refractivity contribution in [2.24, 2.45) is 0 Å². The first-order valence-electron chi connectivity index (χ1n) is 11.0. The molecule has 0 saturated heterocycles. The Labute approximate surface area is 196 Å². The van der Waals surface area contributed by atoms with Gasteiger partial charge in [-0.2, -0.15) is 5.10 Å². The summed E-state index contributed by atoms with van der Waals surface area (Å²) in [6, 6.07) is 14.8. The fourth-order valence-electron chi connectivity index (χ4n) is 3.91. The lowest BCUT2D eigenvalue weighted by atomic mass is 10.1. The summed E-state index contributed by atoms with van der Waals surface area (Å²) in [5, 5.41) is 7.41. The van der Waals surface area contributed by atoms with Crippen molar-refractivity contribution >= 4 is 23.2 Å². The van der Waals surface area contributed by atoms with Crippen LogP contribution in [0.25, 0.3) is 16.9 Å². The standard InChI is InChI=1S/C26H25FN4O3/c1-4-34-26(33)21-10-5-6-11-22(21)29-25(32)13-12-20-16(2)28-24-15-23(30-31(24)17(20)3)18-8-7-9-19(27)14-18/h5-11,14-15H,4,12-13H2,1-3H3,(H,29,32). The van der Waals surface area contributed by atoms with E-state index in [1.54, 1.807) is 47.8 Å². The maximum atomic E-state index is 13.6. The number of aromatic nitrogens is 3. The van der Waals surface area contributed by atoms with Crippen LogP contribution in [0.15, 0.2) is 54.6 Å². The summed E-state index contributed by atoms with van der Waals surface area (Å²) in [5.74, 6) is -1.03. The third-order valence-electron chi connectivity index (χ3n) is 5.58. The van der Waals surface area contributed by atoms with Crippen molar-refractivity contribution < 1.29 is 18.7 Å². The van der Waals surface area contributed by atoms with Crippen molar-refractivity contribution in [3.63, 3.8) is 0 Å². The van der Waals surface area contributed by atoms with Crippen LogP contribution in [-0.4, -0.2) is 33.1 Å². The van der Waals surface area contributed by atoms with E-state index in [9.17, 15) is 14.0 Å². The van der Waals surface area contributed by atoms with Crippen LogP contribution >= 0.6 is 0 Å². The van der Waals surface area contributed by atoms with Crippen molar-refractivity contribution in [2.45, 2.75) is 33.6 Å². The first-order valence-corrected chi connectivity index (χ1v) is 11.0. The van der Waals surface area contributed by atoms with Gasteiger partial charge in [-0.1, -0.05) is 24.3 Å². The van der Waals surface area contributed by atoms with Crippen LogP contribution in [0, 0.1) is 19.7 Å². The van der Waals surface area contributed by atoms with Gasteiger partial charge in [-0.15, -0.1) is 0 Å². The molecule has 0 unspecified atom stereocenters. The number of ether oxygens (including phenoxy) is 1. The van der Waals surface area contributed by atoms with E-state index in [-0.39, 0.29) is 24.8 Å². The van der Waals surface area contributed by atoms with Crippen LogP contribution in [0.4, 0.5) is 10.1 Å². The van der Waals surface area contributed by atoms with Crippen LogP contribution in [0.1, 0.15) is 40.7 Å². The van der Waals surface area contributed by atoms with Gasteiger partial charge < -0.3 is 10.1 Å². The minimum Gasteiger partial charge on any atom is -0.462 e. The molecule has 0 saturated carbocycles. The summed E-state index contributed by atoms with van der Waals surface area (Å²) < 4.78 is 20.4. The molecule has 0 spiro atoms. The fourth-order valence-corrected chi connectivity index (χ4v) is 3.91. The predicted molar refractivity (Wildman–Crippen MR) is 127 cm³/mol. The number of fused-ring (bicyclic) bond motifs is 1. The molecule has 4 rings (SSSR count).